The largest absolute Gasteiger partial charge is 0.497 e. The monoisotopic (exact) mass is 214 g/mol. The van der Waals surface area contributed by atoms with Crippen LogP contribution in [0.25, 0.3) is 0 Å². The number of nitrogens with zero attached hydrogens (tertiary/aromatic N) is 2. The molecule has 0 aliphatic heterocycles. The maximum atomic E-state index is 11.9. The molecule has 0 bridgehead atoms. The number of aromatic nitrogens is 2. The van der Waals surface area contributed by atoms with Crippen LogP contribution >= 0.6 is 0 Å². The Kier molecular flexibility index (Phi) is 2.91. The van der Waals surface area contributed by atoms with Gasteiger partial charge in [0.05, 0.1) is 7.11 Å². The molecule has 1 aromatic heterocycles. The predicted molar refractivity (Wildman–Crippen MR) is 58.5 cm³/mol. The van der Waals surface area contributed by atoms with Crippen molar-refractivity contribution >= 4 is 5.78 Å². The van der Waals surface area contributed by atoms with Crippen molar-refractivity contribution in [3.05, 3.63) is 54.1 Å². The first kappa shape index (κ1) is 10.3. The van der Waals surface area contributed by atoms with Gasteiger partial charge in [0.1, 0.15) is 5.75 Å². The van der Waals surface area contributed by atoms with Gasteiger partial charge in [-0.2, -0.15) is 0 Å². The zero-order chi connectivity index (χ0) is 11.4. The molecule has 0 radical (unpaired) electrons. The average Bonchev–Trinajstić information content (AvgIpc) is 2.39. The van der Waals surface area contributed by atoms with Gasteiger partial charge in [-0.25, -0.2) is 9.97 Å². The Bertz CT molecular complexity index is 480. The van der Waals surface area contributed by atoms with Crippen LogP contribution in [0.4, 0.5) is 0 Å². The first-order chi connectivity index (χ1) is 7.81. The Morgan fingerprint density at radius 1 is 1.12 bits per heavy atom. The lowest BCUT2D eigenvalue weighted by Gasteiger charge is -2.01. The molecule has 0 fully saturated rings. The van der Waals surface area contributed by atoms with E-state index < -0.39 is 0 Å². The van der Waals surface area contributed by atoms with Gasteiger partial charge in [0.15, 0.2) is 0 Å². The SMILES string of the molecule is COc1ccc(C(=O)c2ncccn2)cc1. The summed E-state index contributed by atoms with van der Waals surface area (Å²) in [7, 11) is 1.58. The summed E-state index contributed by atoms with van der Waals surface area (Å²) in [6.07, 6.45) is 3.09. The zero-order valence-corrected chi connectivity index (χ0v) is 8.75. The number of hydrogen-bond acceptors (Lipinski definition) is 4. The molecule has 0 atom stereocenters. The van der Waals surface area contributed by atoms with Crippen LogP contribution in [0.15, 0.2) is 42.7 Å². The molecular weight excluding hydrogens is 204 g/mol. The van der Waals surface area contributed by atoms with Gasteiger partial charge in [0.25, 0.3) is 0 Å². The molecule has 0 aliphatic carbocycles. The van der Waals surface area contributed by atoms with Gasteiger partial charge in [-0.05, 0) is 30.3 Å². The van der Waals surface area contributed by atoms with E-state index in [2.05, 4.69) is 9.97 Å². The summed E-state index contributed by atoms with van der Waals surface area (Å²) in [4.78, 5) is 19.7. The number of hydrogen-bond donors (Lipinski definition) is 0. The van der Waals surface area contributed by atoms with E-state index in [0.29, 0.717) is 11.3 Å². The molecule has 4 heteroatoms. The Labute approximate surface area is 92.9 Å². The molecule has 1 aromatic carbocycles. The van der Waals surface area contributed by atoms with Gasteiger partial charge < -0.3 is 4.74 Å². The Balaban J connectivity index is 2.28. The van der Waals surface area contributed by atoms with Crippen LogP contribution < -0.4 is 4.74 Å². The first-order valence-electron chi connectivity index (χ1n) is 4.77. The molecule has 16 heavy (non-hydrogen) atoms. The molecule has 2 rings (SSSR count). The lowest BCUT2D eigenvalue weighted by Crippen LogP contribution is -2.05. The van der Waals surface area contributed by atoms with E-state index in [0.717, 1.165) is 0 Å². The normalized spacial score (nSPS) is 9.81. The number of rotatable bonds is 3. The third-order valence-electron chi connectivity index (χ3n) is 2.12. The highest BCUT2D eigenvalue weighted by Crippen LogP contribution is 2.13. The van der Waals surface area contributed by atoms with E-state index in [1.807, 2.05) is 0 Å². The van der Waals surface area contributed by atoms with E-state index >= 15 is 0 Å². The van der Waals surface area contributed by atoms with Crippen molar-refractivity contribution in [3.63, 3.8) is 0 Å². The number of carbonyl (C=O) groups is 1. The topological polar surface area (TPSA) is 52.1 Å². The molecule has 80 valence electrons. The average molecular weight is 214 g/mol. The van der Waals surface area contributed by atoms with Crippen molar-refractivity contribution in [1.82, 2.24) is 9.97 Å². The van der Waals surface area contributed by atoms with Gasteiger partial charge in [0, 0.05) is 18.0 Å². The number of methoxy groups -OCH3 is 1. The van der Waals surface area contributed by atoms with Crippen molar-refractivity contribution in [2.24, 2.45) is 0 Å². The van der Waals surface area contributed by atoms with Gasteiger partial charge >= 0.3 is 0 Å². The van der Waals surface area contributed by atoms with Crippen LogP contribution in [0.2, 0.25) is 0 Å². The molecule has 0 amide bonds. The Hall–Kier alpha value is -2.23. The molecular formula is C12H10N2O2. The predicted octanol–water partition coefficient (Wildman–Crippen LogP) is 1.72. The van der Waals surface area contributed by atoms with Crippen LogP contribution in [-0.4, -0.2) is 22.9 Å². The molecule has 2 aromatic rings. The Morgan fingerprint density at radius 2 is 1.75 bits per heavy atom. The van der Waals surface area contributed by atoms with Gasteiger partial charge in [-0.3, -0.25) is 4.79 Å². The second-order valence-electron chi connectivity index (χ2n) is 3.13. The van der Waals surface area contributed by atoms with Crippen LogP contribution in [0.5, 0.6) is 5.75 Å². The molecule has 0 saturated carbocycles. The van der Waals surface area contributed by atoms with Crippen molar-refractivity contribution in [3.8, 4) is 5.75 Å². The van der Waals surface area contributed by atoms with Gasteiger partial charge in [-0.15, -0.1) is 0 Å². The summed E-state index contributed by atoms with van der Waals surface area (Å²) >= 11 is 0. The lowest BCUT2D eigenvalue weighted by atomic mass is 10.1. The van der Waals surface area contributed by atoms with E-state index in [9.17, 15) is 4.79 Å². The summed E-state index contributed by atoms with van der Waals surface area (Å²) in [5.74, 6) is 0.724. The minimum absolute atomic E-state index is 0.191. The summed E-state index contributed by atoms with van der Waals surface area (Å²) < 4.78 is 5.01. The number of ketones is 1. The molecule has 0 unspecified atom stereocenters. The van der Waals surface area contributed by atoms with E-state index in [1.165, 1.54) is 0 Å². The van der Waals surface area contributed by atoms with Crippen LogP contribution in [0.1, 0.15) is 16.2 Å². The van der Waals surface area contributed by atoms with Crippen LogP contribution in [0.3, 0.4) is 0 Å². The second kappa shape index (κ2) is 4.53. The third-order valence-corrected chi connectivity index (χ3v) is 2.12. The smallest absolute Gasteiger partial charge is 0.230 e. The lowest BCUT2D eigenvalue weighted by molar-refractivity contribution is 0.102. The van der Waals surface area contributed by atoms with Gasteiger partial charge in [0.2, 0.25) is 11.6 Å². The fourth-order valence-corrected chi connectivity index (χ4v) is 1.29. The van der Waals surface area contributed by atoms with Crippen molar-refractivity contribution in [1.29, 1.82) is 0 Å². The quantitative estimate of drug-likeness (QED) is 0.730. The summed E-state index contributed by atoms with van der Waals surface area (Å²) in [5.41, 5.74) is 0.548. The van der Waals surface area contributed by atoms with Crippen LogP contribution in [-0.2, 0) is 0 Å². The van der Waals surface area contributed by atoms with E-state index in [-0.39, 0.29) is 11.6 Å². The molecule has 0 aliphatic rings. The highest BCUT2D eigenvalue weighted by molar-refractivity contribution is 6.06. The highest BCUT2D eigenvalue weighted by atomic mass is 16.5. The summed E-state index contributed by atoms with van der Waals surface area (Å²) in [6.45, 7) is 0. The van der Waals surface area contributed by atoms with Crippen molar-refractivity contribution in [2.75, 3.05) is 7.11 Å². The maximum absolute atomic E-state index is 11.9. The molecule has 0 spiro atoms. The fraction of sp³-hybridized carbons (Fsp3) is 0.0833. The second-order valence-corrected chi connectivity index (χ2v) is 3.13. The van der Waals surface area contributed by atoms with E-state index in [4.69, 9.17) is 4.74 Å². The first-order valence-corrected chi connectivity index (χ1v) is 4.77. The molecule has 0 N–H and O–H groups in total. The molecule has 0 saturated heterocycles. The van der Waals surface area contributed by atoms with Gasteiger partial charge in [-0.1, -0.05) is 0 Å². The fourth-order valence-electron chi connectivity index (χ4n) is 1.29. The zero-order valence-electron chi connectivity index (χ0n) is 8.75. The Morgan fingerprint density at radius 3 is 2.31 bits per heavy atom. The van der Waals surface area contributed by atoms with Crippen LogP contribution in [0, 0.1) is 0 Å². The third kappa shape index (κ3) is 2.06. The maximum Gasteiger partial charge on any atom is 0.230 e. The number of benzene rings is 1. The van der Waals surface area contributed by atoms with E-state index in [1.54, 1.807) is 49.8 Å². The number of carbonyl (C=O) groups excluding carboxylic acids is 1. The van der Waals surface area contributed by atoms with Crippen molar-refractivity contribution in [2.45, 2.75) is 0 Å². The molecule has 1 heterocycles. The minimum atomic E-state index is -0.191. The minimum Gasteiger partial charge on any atom is -0.497 e. The summed E-state index contributed by atoms with van der Waals surface area (Å²) in [5, 5.41) is 0. The standard InChI is InChI=1S/C12H10N2O2/c1-16-10-5-3-9(4-6-10)11(15)12-13-7-2-8-14-12/h2-8H,1H3. The molecule has 4 nitrogen and oxygen atoms in total. The number of ether oxygens (including phenoxy) is 1. The van der Waals surface area contributed by atoms with Crippen molar-refractivity contribution < 1.29 is 9.53 Å². The highest BCUT2D eigenvalue weighted by Gasteiger charge is 2.10. The summed E-state index contributed by atoms with van der Waals surface area (Å²) in [6, 6.07) is 8.52.